The molecule has 1 aromatic rings. The van der Waals surface area contributed by atoms with Crippen molar-refractivity contribution in [3.05, 3.63) is 29.1 Å². The molecule has 4 heteroatoms. The van der Waals surface area contributed by atoms with E-state index < -0.39 is 5.97 Å². The predicted molar refractivity (Wildman–Crippen MR) is 40.6 cm³/mol. The molecule has 1 N–H and O–H groups in total. The van der Waals surface area contributed by atoms with Crippen LogP contribution in [0, 0.1) is 18.3 Å². The maximum absolute atomic E-state index is 10.5. The Kier molecular flexibility index (Phi) is 2.06. The fraction of sp³-hybridized carbons (Fsp3) is 0.125. The molecule has 0 spiro atoms. The van der Waals surface area contributed by atoms with Crippen LogP contribution in [0.2, 0.25) is 0 Å². The average Bonchev–Trinajstić information content (AvgIpc) is 2.04. The molecule has 60 valence electrons. The van der Waals surface area contributed by atoms with Gasteiger partial charge in [-0.1, -0.05) is 0 Å². The van der Waals surface area contributed by atoms with Gasteiger partial charge in [-0.15, -0.1) is 0 Å². The quantitative estimate of drug-likeness (QED) is 0.667. The summed E-state index contributed by atoms with van der Waals surface area (Å²) >= 11 is 0. The van der Waals surface area contributed by atoms with Crippen molar-refractivity contribution in [3.8, 4) is 6.07 Å². The summed E-state index contributed by atoms with van der Waals surface area (Å²) in [6.45, 7) is 1.72. The van der Waals surface area contributed by atoms with Gasteiger partial charge in [0.25, 0.3) is 0 Å². The molecule has 4 nitrogen and oxygen atoms in total. The Hall–Kier alpha value is -1.89. The van der Waals surface area contributed by atoms with Crippen molar-refractivity contribution in [2.24, 2.45) is 0 Å². The van der Waals surface area contributed by atoms with E-state index in [0.717, 1.165) is 5.56 Å². The summed E-state index contributed by atoms with van der Waals surface area (Å²) in [5.74, 6) is -1.12. The summed E-state index contributed by atoms with van der Waals surface area (Å²) in [5, 5.41) is 17.1. The third-order valence-electron chi connectivity index (χ3n) is 1.36. The van der Waals surface area contributed by atoms with E-state index in [9.17, 15) is 4.79 Å². The normalized spacial score (nSPS) is 9.00. The minimum atomic E-state index is -1.12. The van der Waals surface area contributed by atoms with Crippen molar-refractivity contribution < 1.29 is 9.90 Å². The van der Waals surface area contributed by atoms with Crippen LogP contribution in [0.5, 0.6) is 0 Å². The standard InChI is InChI=1S/C8H6N2O2/c1-5-2-6(8(11)12)7(3-9)10-4-5/h2,4H,1H3,(H,11,12). The van der Waals surface area contributed by atoms with Crippen LogP contribution >= 0.6 is 0 Å². The van der Waals surface area contributed by atoms with Gasteiger partial charge >= 0.3 is 5.97 Å². The van der Waals surface area contributed by atoms with E-state index in [1.807, 2.05) is 0 Å². The number of aromatic carboxylic acids is 1. The van der Waals surface area contributed by atoms with Crippen LogP contribution in [-0.4, -0.2) is 16.1 Å². The number of aryl methyl sites for hydroxylation is 1. The van der Waals surface area contributed by atoms with E-state index >= 15 is 0 Å². The average molecular weight is 162 g/mol. The molecule has 0 fully saturated rings. The van der Waals surface area contributed by atoms with Gasteiger partial charge in [0.1, 0.15) is 6.07 Å². The van der Waals surface area contributed by atoms with E-state index in [-0.39, 0.29) is 11.3 Å². The second kappa shape index (κ2) is 3.01. The van der Waals surface area contributed by atoms with Crippen molar-refractivity contribution in [1.29, 1.82) is 5.26 Å². The summed E-state index contributed by atoms with van der Waals surface area (Å²) in [4.78, 5) is 14.2. The van der Waals surface area contributed by atoms with Gasteiger partial charge in [0, 0.05) is 6.20 Å². The molecule has 0 saturated heterocycles. The fourth-order valence-electron chi connectivity index (χ4n) is 0.821. The molecule has 0 saturated carbocycles. The predicted octanol–water partition coefficient (Wildman–Crippen LogP) is 0.960. The van der Waals surface area contributed by atoms with Gasteiger partial charge in [0.05, 0.1) is 5.56 Å². The lowest BCUT2D eigenvalue weighted by Gasteiger charge is -1.97. The second-order valence-electron chi connectivity index (χ2n) is 2.33. The maximum atomic E-state index is 10.5. The fourth-order valence-corrected chi connectivity index (χ4v) is 0.821. The van der Waals surface area contributed by atoms with Gasteiger partial charge in [-0.3, -0.25) is 0 Å². The first-order valence-corrected chi connectivity index (χ1v) is 3.25. The summed E-state index contributed by atoms with van der Waals surface area (Å²) in [7, 11) is 0. The highest BCUT2D eigenvalue weighted by Crippen LogP contribution is 2.06. The summed E-state index contributed by atoms with van der Waals surface area (Å²) in [6.07, 6.45) is 1.46. The molecule has 1 heterocycles. The molecule has 0 aromatic carbocycles. The molecule has 0 atom stereocenters. The molecule has 0 aliphatic rings. The Morgan fingerprint density at radius 2 is 2.42 bits per heavy atom. The number of aromatic nitrogens is 1. The van der Waals surface area contributed by atoms with Gasteiger partial charge in [-0.05, 0) is 18.6 Å². The smallest absolute Gasteiger partial charge is 0.338 e. The van der Waals surface area contributed by atoms with Crippen LogP contribution in [-0.2, 0) is 0 Å². The highest BCUT2D eigenvalue weighted by Gasteiger charge is 2.10. The summed E-state index contributed by atoms with van der Waals surface area (Å²) in [5.41, 5.74) is 0.636. The number of hydrogen-bond acceptors (Lipinski definition) is 3. The van der Waals surface area contributed by atoms with Crippen molar-refractivity contribution in [2.75, 3.05) is 0 Å². The lowest BCUT2D eigenvalue weighted by Crippen LogP contribution is -2.02. The third kappa shape index (κ3) is 1.40. The molecule has 0 aliphatic heterocycles. The highest BCUT2D eigenvalue weighted by atomic mass is 16.4. The van der Waals surface area contributed by atoms with Gasteiger partial charge in [0.15, 0.2) is 5.69 Å². The zero-order valence-corrected chi connectivity index (χ0v) is 6.40. The van der Waals surface area contributed by atoms with E-state index in [1.165, 1.54) is 12.3 Å². The van der Waals surface area contributed by atoms with E-state index in [4.69, 9.17) is 10.4 Å². The molecule has 12 heavy (non-hydrogen) atoms. The van der Waals surface area contributed by atoms with Crippen LogP contribution in [0.3, 0.4) is 0 Å². The number of rotatable bonds is 1. The van der Waals surface area contributed by atoms with Crippen molar-refractivity contribution in [3.63, 3.8) is 0 Å². The topological polar surface area (TPSA) is 74.0 Å². The number of nitriles is 1. The molecule has 0 bridgehead atoms. The summed E-state index contributed by atoms with van der Waals surface area (Å²) in [6, 6.07) is 3.14. The summed E-state index contributed by atoms with van der Waals surface area (Å²) < 4.78 is 0. The minimum Gasteiger partial charge on any atom is -0.478 e. The number of carboxylic acids is 1. The van der Waals surface area contributed by atoms with E-state index in [1.54, 1.807) is 13.0 Å². The second-order valence-corrected chi connectivity index (χ2v) is 2.33. The van der Waals surface area contributed by atoms with Gasteiger partial charge in [0.2, 0.25) is 0 Å². The lowest BCUT2D eigenvalue weighted by atomic mass is 10.1. The Morgan fingerprint density at radius 3 is 2.92 bits per heavy atom. The first-order chi connectivity index (χ1) is 5.65. The molecule has 1 rings (SSSR count). The van der Waals surface area contributed by atoms with Crippen molar-refractivity contribution in [2.45, 2.75) is 6.92 Å². The van der Waals surface area contributed by atoms with Crippen LogP contribution in [0.25, 0.3) is 0 Å². The number of nitrogens with zero attached hydrogens (tertiary/aromatic N) is 2. The molecule has 0 radical (unpaired) electrons. The first kappa shape index (κ1) is 8.21. The Bertz CT molecular complexity index is 366. The SMILES string of the molecule is Cc1cnc(C#N)c(C(=O)O)c1. The zero-order chi connectivity index (χ0) is 9.14. The van der Waals surface area contributed by atoms with Crippen LogP contribution < -0.4 is 0 Å². The first-order valence-electron chi connectivity index (χ1n) is 3.25. The highest BCUT2D eigenvalue weighted by molar-refractivity contribution is 5.90. The molecule has 0 amide bonds. The molecule has 0 aliphatic carbocycles. The number of hydrogen-bond donors (Lipinski definition) is 1. The number of carbonyl (C=O) groups is 1. The number of pyridine rings is 1. The van der Waals surface area contributed by atoms with E-state index in [2.05, 4.69) is 4.98 Å². The largest absolute Gasteiger partial charge is 0.478 e. The van der Waals surface area contributed by atoms with Crippen molar-refractivity contribution >= 4 is 5.97 Å². The Balaban J connectivity index is 3.34. The Labute approximate surface area is 69.1 Å². The third-order valence-corrected chi connectivity index (χ3v) is 1.36. The van der Waals surface area contributed by atoms with Crippen LogP contribution in [0.1, 0.15) is 21.6 Å². The van der Waals surface area contributed by atoms with Gasteiger partial charge in [-0.2, -0.15) is 5.26 Å². The van der Waals surface area contributed by atoms with Crippen LogP contribution in [0.15, 0.2) is 12.3 Å². The minimum absolute atomic E-state index is 0.0440. The molecule has 1 aromatic heterocycles. The van der Waals surface area contributed by atoms with Crippen LogP contribution in [0.4, 0.5) is 0 Å². The molecular weight excluding hydrogens is 156 g/mol. The lowest BCUT2D eigenvalue weighted by molar-refractivity contribution is 0.0696. The maximum Gasteiger partial charge on any atom is 0.338 e. The Morgan fingerprint density at radius 1 is 1.75 bits per heavy atom. The monoisotopic (exact) mass is 162 g/mol. The van der Waals surface area contributed by atoms with E-state index in [0.29, 0.717) is 0 Å². The van der Waals surface area contributed by atoms with Gasteiger partial charge in [-0.25, -0.2) is 9.78 Å². The molecule has 0 unspecified atom stereocenters. The van der Waals surface area contributed by atoms with Crippen molar-refractivity contribution in [1.82, 2.24) is 4.98 Å². The molecular formula is C8H6N2O2. The zero-order valence-electron chi connectivity index (χ0n) is 6.40. The number of carboxylic acid groups (broad SMARTS) is 1. The van der Waals surface area contributed by atoms with Gasteiger partial charge < -0.3 is 5.11 Å².